The molecule has 0 fully saturated rings. The highest BCUT2D eigenvalue weighted by atomic mass is 14.6. The van der Waals surface area contributed by atoms with Crippen LogP contribution < -0.4 is 0 Å². The first-order chi connectivity index (χ1) is 6.61. The average molecular weight is 191 g/mol. The molecule has 1 aromatic rings. The first-order valence-electron chi connectivity index (χ1n) is 5.51. The average Bonchev–Trinajstić information content (AvgIpc) is 2.20. The fraction of sp³-hybridized carbons (Fsp3) is 0.615. The van der Waals surface area contributed by atoms with Gasteiger partial charge < -0.3 is 0 Å². The third-order valence-corrected chi connectivity index (χ3v) is 3.35. The molecule has 0 radical (unpaired) electrons. The molecule has 0 spiro atoms. The van der Waals surface area contributed by atoms with Gasteiger partial charge in [-0.1, -0.05) is 40.2 Å². The minimum atomic E-state index is 0.373. The predicted octanol–water partition coefficient (Wildman–Crippen LogP) is 4.01. The van der Waals surface area contributed by atoms with Gasteiger partial charge in [-0.05, 0) is 29.4 Å². The molecule has 1 rings (SSSR count). The first-order valence-corrected chi connectivity index (χ1v) is 5.51. The highest BCUT2D eigenvalue weighted by Crippen LogP contribution is 2.39. The molecule has 0 aromatic carbocycles. The van der Waals surface area contributed by atoms with Crippen molar-refractivity contribution in [3.63, 3.8) is 0 Å². The predicted molar refractivity (Wildman–Crippen MR) is 61.3 cm³/mol. The van der Waals surface area contributed by atoms with Crippen LogP contribution >= 0.6 is 0 Å². The van der Waals surface area contributed by atoms with Gasteiger partial charge in [-0.15, -0.1) is 0 Å². The zero-order chi connectivity index (χ0) is 10.6. The zero-order valence-corrected chi connectivity index (χ0v) is 9.75. The molecule has 0 aliphatic carbocycles. The van der Waals surface area contributed by atoms with Crippen LogP contribution in [-0.4, -0.2) is 4.98 Å². The van der Waals surface area contributed by atoms with Gasteiger partial charge in [-0.3, -0.25) is 4.98 Å². The van der Waals surface area contributed by atoms with Crippen molar-refractivity contribution < 1.29 is 0 Å². The monoisotopic (exact) mass is 191 g/mol. The van der Waals surface area contributed by atoms with E-state index in [0.717, 1.165) is 0 Å². The molecule has 0 bridgehead atoms. The Morgan fingerprint density at radius 1 is 1.36 bits per heavy atom. The van der Waals surface area contributed by atoms with Crippen molar-refractivity contribution in [1.82, 2.24) is 4.98 Å². The Morgan fingerprint density at radius 2 is 2.07 bits per heavy atom. The second-order valence-corrected chi connectivity index (χ2v) is 4.59. The van der Waals surface area contributed by atoms with Crippen LogP contribution in [0.4, 0.5) is 0 Å². The summed E-state index contributed by atoms with van der Waals surface area (Å²) < 4.78 is 0. The van der Waals surface area contributed by atoms with E-state index >= 15 is 0 Å². The van der Waals surface area contributed by atoms with Crippen LogP contribution in [0.1, 0.15) is 52.0 Å². The van der Waals surface area contributed by atoms with E-state index in [4.69, 9.17) is 0 Å². The van der Waals surface area contributed by atoms with E-state index in [1.807, 2.05) is 18.5 Å². The van der Waals surface area contributed by atoms with E-state index in [1.54, 1.807) is 0 Å². The number of aromatic nitrogens is 1. The Kier molecular flexibility index (Phi) is 3.68. The molecule has 1 nitrogen and oxygen atoms in total. The molecule has 1 atom stereocenters. The molecule has 14 heavy (non-hydrogen) atoms. The molecular weight excluding hydrogens is 170 g/mol. The lowest BCUT2D eigenvalue weighted by Crippen LogP contribution is -2.20. The lowest BCUT2D eigenvalue weighted by Gasteiger charge is -2.33. The van der Waals surface area contributed by atoms with Crippen molar-refractivity contribution in [3.8, 4) is 0 Å². The van der Waals surface area contributed by atoms with E-state index in [9.17, 15) is 0 Å². The van der Waals surface area contributed by atoms with Crippen LogP contribution in [-0.2, 0) is 0 Å². The van der Waals surface area contributed by atoms with Gasteiger partial charge in [0.05, 0.1) is 0 Å². The summed E-state index contributed by atoms with van der Waals surface area (Å²) in [5.74, 6) is 0.626. The Morgan fingerprint density at radius 3 is 2.50 bits per heavy atom. The molecule has 1 aromatic heterocycles. The summed E-state index contributed by atoms with van der Waals surface area (Å²) in [7, 11) is 0. The van der Waals surface area contributed by atoms with E-state index in [0.29, 0.717) is 11.3 Å². The number of nitrogens with zero attached hydrogens (tertiary/aromatic N) is 1. The quantitative estimate of drug-likeness (QED) is 0.700. The summed E-state index contributed by atoms with van der Waals surface area (Å²) >= 11 is 0. The minimum Gasteiger partial charge on any atom is -0.264 e. The van der Waals surface area contributed by atoms with E-state index < -0.39 is 0 Å². The van der Waals surface area contributed by atoms with Gasteiger partial charge in [0.1, 0.15) is 0 Å². The summed E-state index contributed by atoms with van der Waals surface area (Å²) in [6.07, 6.45) is 6.24. The SMILES string of the molecule is CCC(c1cccnc1)C(C)(C)CC. The summed E-state index contributed by atoms with van der Waals surface area (Å²) in [5.41, 5.74) is 1.75. The van der Waals surface area contributed by atoms with Gasteiger partial charge in [0.2, 0.25) is 0 Å². The second-order valence-electron chi connectivity index (χ2n) is 4.59. The molecule has 1 heterocycles. The molecule has 0 N–H and O–H groups in total. The van der Waals surface area contributed by atoms with Crippen molar-refractivity contribution in [2.45, 2.75) is 46.5 Å². The zero-order valence-electron chi connectivity index (χ0n) is 9.75. The second kappa shape index (κ2) is 4.59. The van der Waals surface area contributed by atoms with Gasteiger partial charge in [-0.2, -0.15) is 0 Å². The molecular formula is C13H21N. The minimum absolute atomic E-state index is 0.373. The Hall–Kier alpha value is -0.850. The van der Waals surface area contributed by atoms with E-state index in [2.05, 4.69) is 38.7 Å². The van der Waals surface area contributed by atoms with E-state index in [1.165, 1.54) is 18.4 Å². The van der Waals surface area contributed by atoms with Crippen LogP contribution in [0.5, 0.6) is 0 Å². The van der Waals surface area contributed by atoms with E-state index in [-0.39, 0.29) is 0 Å². The summed E-state index contributed by atoms with van der Waals surface area (Å²) in [5, 5.41) is 0. The number of pyridine rings is 1. The maximum Gasteiger partial charge on any atom is 0.0302 e. The summed E-state index contributed by atoms with van der Waals surface area (Å²) in [6, 6.07) is 4.22. The van der Waals surface area contributed by atoms with Crippen molar-refractivity contribution in [3.05, 3.63) is 30.1 Å². The molecule has 0 aliphatic heterocycles. The van der Waals surface area contributed by atoms with Crippen LogP contribution in [0.3, 0.4) is 0 Å². The third-order valence-electron chi connectivity index (χ3n) is 3.35. The van der Waals surface area contributed by atoms with Crippen molar-refractivity contribution in [2.75, 3.05) is 0 Å². The number of rotatable bonds is 4. The lowest BCUT2D eigenvalue weighted by molar-refractivity contribution is 0.266. The van der Waals surface area contributed by atoms with Gasteiger partial charge in [0.15, 0.2) is 0 Å². The summed E-state index contributed by atoms with van der Waals surface area (Å²) in [6.45, 7) is 9.20. The molecule has 78 valence electrons. The molecule has 0 aliphatic rings. The standard InChI is InChI=1S/C13H21N/c1-5-12(13(3,4)6-2)11-8-7-9-14-10-11/h7-10,12H,5-6H2,1-4H3. The van der Waals surface area contributed by atoms with Gasteiger partial charge in [0, 0.05) is 12.4 Å². The van der Waals surface area contributed by atoms with Crippen LogP contribution in [0.2, 0.25) is 0 Å². The summed E-state index contributed by atoms with van der Waals surface area (Å²) in [4.78, 5) is 4.20. The molecule has 0 amide bonds. The smallest absolute Gasteiger partial charge is 0.0302 e. The fourth-order valence-corrected chi connectivity index (χ4v) is 2.07. The fourth-order valence-electron chi connectivity index (χ4n) is 2.07. The third kappa shape index (κ3) is 2.34. The highest BCUT2D eigenvalue weighted by Gasteiger charge is 2.27. The lowest BCUT2D eigenvalue weighted by atomic mass is 9.72. The first kappa shape index (κ1) is 11.2. The molecule has 0 saturated carbocycles. The molecule has 0 saturated heterocycles. The van der Waals surface area contributed by atoms with Crippen LogP contribution in [0.25, 0.3) is 0 Å². The van der Waals surface area contributed by atoms with Crippen molar-refractivity contribution >= 4 is 0 Å². The molecule has 1 unspecified atom stereocenters. The maximum atomic E-state index is 4.20. The topological polar surface area (TPSA) is 12.9 Å². The Balaban J connectivity index is 2.93. The Labute approximate surface area is 87.6 Å². The van der Waals surface area contributed by atoms with Gasteiger partial charge >= 0.3 is 0 Å². The van der Waals surface area contributed by atoms with Crippen molar-refractivity contribution in [1.29, 1.82) is 0 Å². The number of hydrogen-bond donors (Lipinski definition) is 0. The van der Waals surface area contributed by atoms with Gasteiger partial charge in [0.25, 0.3) is 0 Å². The van der Waals surface area contributed by atoms with Crippen LogP contribution in [0, 0.1) is 5.41 Å². The maximum absolute atomic E-state index is 4.20. The largest absolute Gasteiger partial charge is 0.264 e. The Bertz CT molecular complexity index is 264. The number of hydrogen-bond acceptors (Lipinski definition) is 1. The highest BCUT2D eigenvalue weighted by molar-refractivity contribution is 5.17. The normalized spacial score (nSPS) is 14.0. The van der Waals surface area contributed by atoms with Gasteiger partial charge in [-0.25, -0.2) is 0 Å². The van der Waals surface area contributed by atoms with Crippen LogP contribution in [0.15, 0.2) is 24.5 Å². The van der Waals surface area contributed by atoms with Crippen molar-refractivity contribution in [2.24, 2.45) is 5.41 Å². The molecule has 1 heteroatoms.